The van der Waals surface area contributed by atoms with Crippen LogP contribution in [0.2, 0.25) is 0 Å². The molecule has 4 aromatic rings. The fourth-order valence-electron chi connectivity index (χ4n) is 9.41. The molecular formula is C53H74N2O12S2. The van der Waals surface area contributed by atoms with Gasteiger partial charge in [0, 0.05) is 31.3 Å². The molecule has 0 spiro atoms. The van der Waals surface area contributed by atoms with Crippen molar-refractivity contribution in [3.8, 4) is 0 Å². The van der Waals surface area contributed by atoms with Crippen LogP contribution in [0.5, 0.6) is 0 Å². The van der Waals surface area contributed by atoms with Gasteiger partial charge in [-0.1, -0.05) is 129 Å². The van der Waals surface area contributed by atoms with Gasteiger partial charge in [-0.2, -0.15) is 8.42 Å². The third kappa shape index (κ3) is 15.5. The molecule has 4 atom stereocenters. The third-order valence-electron chi connectivity index (χ3n) is 13.4. The zero-order valence-electron chi connectivity index (χ0n) is 40.3. The highest BCUT2D eigenvalue weighted by Crippen LogP contribution is 2.43. The lowest BCUT2D eigenvalue weighted by molar-refractivity contribution is -0.879. The Kier molecular flexibility index (Phi) is 20.7. The molecule has 69 heavy (non-hydrogen) atoms. The molecule has 4 unspecified atom stereocenters. The zero-order chi connectivity index (χ0) is 49.8. The Bertz CT molecular complexity index is 2440. The van der Waals surface area contributed by atoms with E-state index in [0.29, 0.717) is 11.1 Å². The van der Waals surface area contributed by atoms with E-state index in [0.717, 1.165) is 113 Å². The Labute approximate surface area is 411 Å². The predicted molar refractivity (Wildman–Crippen MR) is 264 cm³/mol. The van der Waals surface area contributed by atoms with Crippen molar-refractivity contribution in [2.75, 3.05) is 54.4 Å². The molecule has 14 nitrogen and oxygen atoms in total. The lowest BCUT2D eigenvalue weighted by Crippen LogP contribution is -2.46. The number of carbonyl (C=O) groups excluding carboxylic acids is 2. The third-order valence-corrected chi connectivity index (χ3v) is 15.6. The molecule has 16 heteroatoms. The van der Waals surface area contributed by atoms with Gasteiger partial charge in [-0.15, -0.1) is 0 Å². The van der Waals surface area contributed by atoms with Crippen molar-refractivity contribution in [3.63, 3.8) is 0 Å². The Hall–Kier alpha value is -4.52. The molecule has 4 aromatic carbocycles. The summed E-state index contributed by atoms with van der Waals surface area (Å²) in [7, 11) is -0.320. The zero-order valence-corrected chi connectivity index (χ0v) is 41.9. The van der Waals surface area contributed by atoms with Gasteiger partial charge in [-0.05, 0) is 88.4 Å². The standard InChI is InChI=1S/C19H28NO3.C18H25NO3.C8H10O3S.C7H8O3S.CH4/c1-20(2)13-12-17(14-20)23-18(21)19(22,16-10-6-7-11-16)15-8-4-3-5-9-15;1-19-12-11-16(13-19)22-17(20)18(21,15-9-5-6-10-15)14-7-3-2-4-8-14;1-7-3-5-8(6-4-7)12(9,10)11-2;1-6-2-4-7(5-3-6)11(8,9)10;/h3-5,8-9,16-17,22H,6-7,10-14H2,1-2H3;2-4,7-8,15-16,21H,5-6,9-13H2,1H3;3-6H,1-2H3;2-5H,1H3,(H,8,9,10);1H4/q+1;;;;/p-1. The number of likely N-dealkylation sites (tertiary alicyclic amines) is 2. The smallest absolute Gasteiger partial charge is 0.343 e. The second-order valence-electron chi connectivity index (χ2n) is 19.2. The molecule has 0 amide bonds. The number of esters is 2. The Morgan fingerprint density at radius 2 is 1.04 bits per heavy atom. The number of aryl methyl sites for hydroxylation is 2. The van der Waals surface area contributed by atoms with Crippen LogP contribution in [0.25, 0.3) is 0 Å². The van der Waals surface area contributed by atoms with E-state index in [-0.39, 0.29) is 41.3 Å². The summed E-state index contributed by atoms with van der Waals surface area (Å²) >= 11 is 0. The summed E-state index contributed by atoms with van der Waals surface area (Å²) in [6, 6.07) is 30.9. The first-order chi connectivity index (χ1) is 32.1. The summed E-state index contributed by atoms with van der Waals surface area (Å²) in [5.74, 6) is -1.00. The molecular weight excluding hydrogens is 921 g/mol. The summed E-state index contributed by atoms with van der Waals surface area (Å²) in [6.45, 7) is 7.23. The molecule has 380 valence electrons. The van der Waals surface area contributed by atoms with Gasteiger partial charge >= 0.3 is 11.9 Å². The number of carbonyl (C=O) groups is 2. The maximum atomic E-state index is 12.9. The van der Waals surface area contributed by atoms with E-state index < -0.39 is 43.4 Å². The van der Waals surface area contributed by atoms with Crippen molar-refractivity contribution in [1.82, 2.24) is 4.90 Å². The lowest BCUT2D eigenvalue weighted by Gasteiger charge is -2.33. The first kappa shape index (κ1) is 57.1. The van der Waals surface area contributed by atoms with Gasteiger partial charge in [0.1, 0.15) is 22.8 Å². The van der Waals surface area contributed by atoms with E-state index in [1.807, 2.05) is 81.6 Å². The molecule has 0 aromatic heterocycles. The van der Waals surface area contributed by atoms with Crippen LogP contribution in [-0.2, 0) is 54.7 Å². The summed E-state index contributed by atoms with van der Waals surface area (Å²) in [6.07, 6.45) is 9.32. The molecule has 2 aliphatic carbocycles. The van der Waals surface area contributed by atoms with Crippen molar-refractivity contribution >= 4 is 32.2 Å². The van der Waals surface area contributed by atoms with Crippen LogP contribution in [-0.4, -0.2) is 120 Å². The van der Waals surface area contributed by atoms with Crippen LogP contribution in [0.3, 0.4) is 0 Å². The average molecular weight is 995 g/mol. The van der Waals surface area contributed by atoms with Crippen LogP contribution in [0, 0.1) is 25.7 Å². The number of quaternary nitrogens is 1. The molecule has 2 saturated carbocycles. The molecule has 0 radical (unpaired) electrons. The highest BCUT2D eigenvalue weighted by atomic mass is 32.2. The minimum absolute atomic E-state index is 0. The first-order valence-electron chi connectivity index (χ1n) is 23.5. The van der Waals surface area contributed by atoms with Crippen molar-refractivity contribution in [2.45, 2.75) is 119 Å². The molecule has 2 heterocycles. The summed E-state index contributed by atoms with van der Waals surface area (Å²) < 4.78 is 70.0. The van der Waals surface area contributed by atoms with Gasteiger partial charge < -0.3 is 33.6 Å². The van der Waals surface area contributed by atoms with E-state index in [4.69, 9.17) is 9.47 Å². The normalized spacial score (nSPS) is 21.1. The van der Waals surface area contributed by atoms with Gasteiger partial charge in [0.2, 0.25) is 0 Å². The number of aliphatic hydroxyl groups is 2. The van der Waals surface area contributed by atoms with Gasteiger partial charge in [-0.25, -0.2) is 18.0 Å². The van der Waals surface area contributed by atoms with Crippen LogP contribution in [0.15, 0.2) is 119 Å². The van der Waals surface area contributed by atoms with E-state index in [1.165, 1.54) is 24.3 Å². The van der Waals surface area contributed by atoms with Crippen molar-refractivity contribution in [2.24, 2.45) is 11.8 Å². The largest absolute Gasteiger partial charge is 0.744 e. The maximum absolute atomic E-state index is 12.9. The van der Waals surface area contributed by atoms with E-state index >= 15 is 0 Å². The number of hydrogen-bond acceptors (Lipinski definition) is 13. The fraction of sp³-hybridized carbons (Fsp3) is 0.509. The topological polar surface area (TPSA) is 197 Å². The predicted octanol–water partition coefficient (Wildman–Crippen LogP) is 7.63. The average Bonchev–Trinajstić information content (AvgIpc) is 4.18. The molecule has 2 aliphatic heterocycles. The second-order valence-corrected chi connectivity index (χ2v) is 22.3. The highest BCUT2D eigenvalue weighted by molar-refractivity contribution is 7.86. The molecule has 2 saturated heterocycles. The lowest BCUT2D eigenvalue weighted by atomic mass is 9.80. The van der Waals surface area contributed by atoms with Crippen LogP contribution < -0.4 is 0 Å². The fourth-order valence-corrected chi connectivity index (χ4v) is 10.5. The Morgan fingerprint density at radius 3 is 1.39 bits per heavy atom. The number of nitrogens with zero attached hydrogens (tertiary/aromatic N) is 2. The van der Waals surface area contributed by atoms with Gasteiger partial charge in [0.05, 0.1) is 37.5 Å². The molecule has 0 bridgehead atoms. The molecule has 4 aliphatic rings. The number of hydrogen-bond donors (Lipinski definition) is 2. The van der Waals surface area contributed by atoms with Crippen molar-refractivity contribution in [1.29, 1.82) is 0 Å². The quantitative estimate of drug-likeness (QED) is 0.0645. The highest BCUT2D eigenvalue weighted by Gasteiger charge is 2.50. The SMILES string of the molecule is C.CN1CCC(OC(=O)C(O)(c2ccccc2)C2CCCC2)C1.COS(=O)(=O)c1ccc(C)cc1.C[N+]1(C)CCC(OC(=O)C(O)(c2ccccc2)C2CCCC2)C1.Cc1ccc(S(=O)(=O)[O-])cc1. The van der Waals surface area contributed by atoms with Crippen LogP contribution in [0.4, 0.5) is 0 Å². The van der Waals surface area contributed by atoms with E-state index in [1.54, 1.807) is 24.3 Å². The number of ether oxygens (including phenoxy) is 2. The molecule has 8 rings (SSSR count). The van der Waals surface area contributed by atoms with Gasteiger partial charge in [0.15, 0.2) is 17.3 Å². The maximum Gasteiger partial charge on any atom is 0.343 e. The minimum Gasteiger partial charge on any atom is -0.744 e. The summed E-state index contributed by atoms with van der Waals surface area (Å²) in [4.78, 5) is 27.9. The first-order valence-corrected chi connectivity index (χ1v) is 26.3. The number of benzene rings is 4. The van der Waals surface area contributed by atoms with Gasteiger partial charge in [0.25, 0.3) is 10.1 Å². The second kappa shape index (κ2) is 25.0. The summed E-state index contributed by atoms with van der Waals surface area (Å²) in [5.41, 5.74) is 0.278. The van der Waals surface area contributed by atoms with Gasteiger partial charge in [-0.3, -0.25) is 4.18 Å². The monoisotopic (exact) mass is 994 g/mol. The Balaban J connectivity index is 0.000000209. The Morgan fingerprint density at radius 1 is 0.638 bits per heavy atom. The molecule has 4 fully saturated rings. The number of rotatable bonds is 11. The molecule has 2 N–H and O–H groups in total. The van der Waals surface area contributed by atoms with Crippen LogP contribution >= 0.6 is 0 Å². The van der Waals surface area contributed by atoms with Crippen molar-refractivity contribution < 1.29 is 59.3 Å². The van der Waals surface area contributed by atoms with Crippen molar-refractivity contribution in [3.05, 3.63) is 131 Å². The number of likely N-dealkylation sites (N-methyl/N-ethyl adjacent to an activating group) is 2. The van der Waals surface area contributed by atoms with Crippen LogP contribution in [0.1, 0.15) is 93.9 Å². The van der Waals surface area contributed by atoms with E-state index in [2.05, 4.69) is 23.2 Å². The van der Waals surface area contributed by atoms with E-state index in [9.17, 15) is 41.2 Å². The minimum atomic E-state index is -4.27. The summed E-state index contributed by atoms with van der Waals surface area (Å²) in [5, 5.41) is 22.7.